The van der Waals surface area contributed by atoms with Crippen LogP contribution in [0.25, 0.3) is 0 Å². The Morgan fingerprint density at radius 2 is 2.25 bits per heavy atom. The molecule has 0 aromatic rings. The summed E-state index contributed by atoms with van der Waals surface area (Å²) in [7, 11) is 1.67. The van der Waals surface area contributed by atoms with E-state index in [9.17, 15) is 0 Å². The maximum Gasteiger partial charge on any atom is 0.210 e. The van der Waals surface area contributed by atoms with E-state index in [4.69, 9.17) is 16.3 Å². The van der Waals surface area contributed by atoms with Gasteiger partial charge in [0.2, 0.25) is 5.62 Å². The lowest BCUT2D eigenvalue weighted by atomic mass is 10.3. The summed E-state index contributed by atoms with van der Waals surface area (Å²) in [5.41, 5.74) is -1.95. The molecule has 0 saturated heterocycles. The van der Waals surface area contributed by atoms with Crippen LogP contribution >= 0.6 is 17.0 Å². The molecule has 0 saturated carbocycles. The van der Waals surface area contributed by atoms with Gasteiger partial charge in [0, 0.05) is 18.9 Å². The number of rotatable bonds is 9. The predicted molar refractivity (Wildman–Crippen MR) is 80.0 cm³/mol. The molecular weight excluding hydrogens is 259 g/mol. The maximum atomic E-state index is 5.45. The van der Waals surface area contributed by atoms with Crippen molar-refractivity contribution in [3.05, 3.63) is 0 Å². The monoisotopic (exact) mass is 282 g/mol. The summed E-state index contributed by atoms with van der Waals surface area (Å²) in [4.78, 5) is 4.34. The second-order valence-corrected chi connectivity index (χ2v) is 10.4. The van der Waals surface area contributed by atoms with Crippen LogP contribution in [0.4, 0.5) is 0 Å². The van der Waals surface area contributed by atoms with Crippen molar-refractivity contribution in [1.82, 2.24) is 5.09 Å². The fraction of sp³-hybridized carbons (Fsp3) is 0.900. The Hall–Kier alpha value is 0.430. The maximum absolute atomic E-state index is 5.45. The molecule has 0 heterocycles. The van der Waals surface area contributed by atoms with Crippen molar-refractivity contribution in [3.63, 3.8) is 0 Å². The summed E-state index contributed by atoms with van der Waals surface area (Å²) in [5, 5.41) is 3.14. The van der Waals surface area contributed by atoms with Crippen molar-refractivity contribution in [2.45, 2.75) is 46.1 Å². The number of hydrogen-bond donors (Lipinski definition) is 1. The molecule has 1 N–H and O–H groups in total. The molecule has 3 nitrogen and oxygen atoms in total. The summed E-state index contributed by atoms with van der Waals surface area (Å²) in [6.07, 6.45) is 5.12. The first-order chi connectivity index (χ1) is 7.58. The average molecular weight is 282 g/mol. The highest BCUT2D eigenvalue weighted by atomic mass is 32.9. The predicted octanol–water partition coefficient (Wildman–Crippen LogP) is 3.81. The van der Waals surface area contributed by atoms with Gasteiger partial charge in [-0.25, -0.2) is 0 Å². The average Bonchev–Trinajstić information content (AvgIpc) is 2.29. The number of aliphatic imine (C=N–C) groups is 1. The molecule has 16 heavy (non-hydrogen) atoms. The molecule has 0 aromatic carbocycles. The molecule has 0 amide bonds. The van der Waals surface area contributed by atoms with Crippen LogP contribution in [0.1, 0.15) is 40.0 Å². The summed E-state index contributed by atoms with van der Waals surface area (Å²) in [6, 6.07) is 0.341. The Morgan fingerprint density at radius 3 is 2.75 bits per heavy atom. The Bertz CT molecular complexity index is 249. The molecular formula is C10H23N2OPS2. The van der Waals surface area contributed by atoms with Crippen molar-refractivity contribution in [2.24, 2.45) is 4.99 Å². The summed E-state index contributed by atoms with van der Waals surface area (Å²) in [5.74, 6) is 1.05. The van der Waals surface area contributed by atoms with E-state index in [0.717, 1.165) is 12.2 Å². The fourth-order valence-corrected chi connectivity index (χ4v) is 4.56. The molecule has 2 unspecified atom stereocenters. The molecule has 0 fully saturated rings. The van der Waals surface area contributed by atoms with Gasteiger partial charge >= 0.3 is 0 Å². The first-order valence-corrected chi connectivity index (χ1v) is 9.98. The van der Waals surface area contributed by atoms with E-state index in [1.165, 1.54) is 12.8 Å². The minimum Gasteiger partial charge on any atom is -0.330 e. The van der Waals surface area contributed by atoms with Crippen molar-refractivity contribution in [1.29, 1.82) is 0 Å². The largest absolute Gasteiger partial charge is 0.330 e. The molecule has 0 spiro atoms. The molecule has 0 rings (SSSR count). The van der Waals surface area contributed by atoms with Gasteiger partial charge in [-0.15, -0.1) is 0 Å². The number of nitrogens with one attached hydrogen (secondary N) is 1. The van der Waals surface area contributed by atoms with E-state index in [0.29, 0.717) is 6.04 Å². The molecule has 0 aliphatic carbocycles. The van der Waals surface area contributed by atoms with E-state index in [1.54, 1.807) is 24.8 Å². The van der Waals surface area contributed by atoms with Gasteiger partial charge in [0.15, 0.2) is 0 Å². The Kier molecular flexibility index (Phi) is 9.71. The van der Waals surface area contributed by atoms with Crippen molar-refractivity contribution in [2.75, 3.05) is 12.9 Å². The van der Waals surface area contributed by atoms with Crippen LogP contribution in [0.3, 0.4) is 0 Å². The van der Waals surface area contributed by atoms with E-state index >= 15 is 0 Å². The Labute approximate surface area is 109 Å². The number of nitrogens with zero attached hydrogens (tertiary/aromatic N) is 1. The third kappa shape index (κ3) is 7.66. The van der Waals surface area contributed by atoms with Crippen LogP contribution in [0.15, 0.2) is 4.99 Å². The van der Waals surface area contributed by atoms with Crippen LogP contribution in [0.5, 0.6) is 0 Å². The topological polar surface area (TPSA) is 33.6 Å². The van der Waals surface area contributed by atoms with E-state index in [1.807, 2.05) is 0 Å². The van der Waals surface area contributed by atoms with Gasteiger partial charge in [0.25, 0.3) is 0 Å². The van der Waals surface area contributed by atoms with Gasteiger partial charge in [-0.2, -0.15) is 0 Å². The minimum atomic E-state index is -1.95. The molecule has 0 aromatic heterocycles. The molecule has 0 radical (unpaired) electrons. The molecule has 0 aliphatic heterocycles. The van der Waals surface area contributed by atoms with Crippen LogP contribution in [-0.4, -0.2) is 25.2 Å². The van der Waals surface area contributed by atoms with Gasteiger partial charge < -0.3 is 9.61 Å². The fourth-order valence-electron chi connectivity index (χ4n) is 0.808. The van der Waals surface area contributed by atoms with Gasteiger partial charge in [-0.1, -0.05) is 31.7 Å². The summed E-state index contributed by atoms with van der Waals surface area (Å²) >= 11 is 7.16. The van der Waals surface area contributed by atoms with Crippen LogP contribution in [0.2, 0.25) is 0 Å². The lowest BCUT2D eigenvalue weighted by Crippen LogP contribution is -2.09. The lowest BCUT2D eigenvalue weighted by molar-refractivity contribution is 0.467. The summed E-state index contributed by atoms with van der Waals surface area (Å²) in [6.45, 7) is 6.37. The van der Waals surface area contributed by atoms with E-state index in [2.05, 4.69) is 30.9 Å². The molecule has 96 valence electrons. The van der Waals surface area contributed by atoms with E-state index in [-0.39, 0.29) is 0 Å². The molecule has 2 atom stereocenters. The molecule has 6 heteroatoms. The number of hydrogen-bond acceptors (Lipinski definition) is 4. The Morgan fingerprint density at radius 1 is 1.56 bits per heavy atom. The van der Waals surface area contributed by atoms with Crippen LogP contribution in [-0.2, 0) is 16.3 Å². The highest BCUT2D eigenvalue weighted by molar-refractivity contribution is 8.68. The molecule has 0 bridgehead atoms. The minimum absolute atomic E-state index is 0.341. The highest BCUT2D eigenvalue weighted by Gasteiger charge is 2.14. The van der Waals surface area contributed by atoms with Crippen LogP contribution in [0, 0.1) is 0 Å². The smallest absolute Gasteiger partial charge is 0.210 e. The standard InChI is InChI=1S/C10H23N2OPS2/c1-5-7-8-16-14(15,13-4)12-9-11-10(3)6-2/h9-10H,5-8H2,1-4H3,(H,11,12,15). The Balaban J connectivity index is 4.05. The first-order valence-electron chi connectivity index (χ1n) is 5.67. The zero-order chi connectivity index (χ0) is 12.4. The zero-order valence-corrected chi connectivity index (χ0v) is 13.1. The first kappa shape index (κ1) is 16.4. The lowest BCUT2D eigenvalue weighted by Gasteiger charge is -2.18. The SMILES string of the molecule is CCCCSP(=S)(NC=NC(C)CC)OC. The van der Waals surface area contributed by atoms with Crippen molar-refractivity contribution < 1.29 is 4.52 Å². The third-order valence-electron chi connectivity index (χ3n) is 2.14. The highest BCUT2D eigenvalue weighted by Crippen LogP contribution is 2.55. The summed E-state index contributed by atoms with van der Waals surface area (Å²) < 4.78 is 5.39. The van der Waals surface area contributed by atoms with Crippen LogP contribution < -0.4 is 5.09 Å². The second kappa shape index (κ2) is 9.46. The van der Waals surface area contributed by atoms with Gasteiger partial charge in [0.05, 0.1) is 6.34 Å². The van der Waals surface area contributed by atoms with Gasteiger partial charge in [0.1, 0.15) is 0 Å². The van der Waals surface area contributed by atoms with Gasteiger partial charge in [-0.3, -0.25) is 4.99 Å². The third-order valence-corrected chi connectivity index (χ3v) is 7.90. The second-order valence-electron chi connectivity index (χ2n) is 3.53. The quantitative estimate of drug-likeness (QED) is 0.302. The van der Waals surface area contributed by atoms with Crippen molar-refractivity contribution in [3.8, 4) is 0 Å². The normalized spacial score (nSPS) is 17.2. The van der Waals surface area contributed by atoms with E-state index < -0.39 is 5.62 Å². The molecule has 0 aliphatic rings. The van der Waals surface area contributed by atoms with Crippen molar-refractivity contribution >= 4 is 35.1 Å². The zero-order valence-electron chi connectivity index (χ0n) is 10.6. The number of unbranched alkanes of at least 4 members (excludes halogenated alkanes) is 1. The van der Waals surface area contributed by atoms with Gasteiger partial charge in [-0.05, 0) is 31.6 Å².